The summed E-state index contributed by atoms with van der Waals surface area (Å²) in [4.78, 5) is 39.0. The molecule has 0 bridgehead atoms. The summed E-state index contributed by atoms with van der Waals surface area (Å²) in [7, 11) is 0. The summed E-state index contributed by atoms with van der Waals surface area (Å²) in [5.74, 6) is -0.890. The first-order chi connectivity index (χ1) is 65.2. The van der Waals surface area contributed by atoms with Crippen molar-refractivity contribution in [3.05, 3.63) is 476 Å². The molecule has 0 spiro atoms. The number of nitriles is 3. The molecule has 0 aliphatic heterocycles. The largest absolute Gasteiger partial charge is 0.370 e. The number of anilines is 6. The van der Waals surface area contributed by atoms with Crippen LogP contribution in [-0.2, 0) is 0 Å². The molecular weight excluding hydrogens is 1610 g/mol. The van der Waals surface area contributed by atoms with Crippen LogP contribution in [0.1, 0.15) is 17.1 Å². The van der Waals surface area contributed by atoms with E-state index in [0.29, 0.717) is 0 Å². The molecule has 132 heavy (non-hydrogen) atoms. The highest BCUT2D eigenvalue weighted by atomic mass is 15.1. The van der Waals surface area contributed by atoms with E-state index >= 15 is 0 Å². The molecular formula is C118H70N14. The maximum atomic E-state index is 9.30. The molecule has 0 fully saturated rings. The molecule has 0 unspecified atom stereocenters. The Morgan fingerprint density at radius 2 is 0.455 bits per heavy atom. The Morgan fingerprint density at radius 3 is 0.826 bits per heavy atom. The topological polar surface area (TPSA) is 168 Å². The number of benzene rings is 19. The van der Waals surface area contributed by atoms with E-state index in [-0.39, 0.29) is 67.6 Å². The van der Waals surface area contributed by atoms with E-state index in [1.54, 1.807) is 18.2 Å². The highest BCUT2D eigenvalue weighted by molar-refractivity contribution is 6.24. The van der Waals surface area contributed by atoms with Gasteiger partial charge in [-0.1, -0.05) is 365 Å². The first-order valence-corrected chi connectivity index (χ1v) is 42.7. The zero-order chi connectivity index (χ0) is 89.4. The van der Waals surface area contributed by atoms with Crippen molar-refractivity contribution in [1.29, 1.82) is 15.8 Å². The molecule has 14 heteroatoms. The van der Waals surface area contributed by atoms with Crippen LogP contribution in [0.15, 0.2) is 425 Å². The van der Waals surface area contributed by atoms with Gasteiger partial charge < -0.3 is 24.3 Å². The van der Waals surface area contributed by atoms with E-state index < -0.39 is 0 Å². The van der Waals surface area contributed by atoms with Crippen LogP contribution in [0, 0.1) is 53.7 Å². The Balaban J connectivity index is 0.000000133. The van der Waals surface area contributed by atoms with Gasteiger partial charge in [-0.2, -0.15) is 15.8 Å². The summed E-state index contributed by atoms with van der Waals surface area (Å²) in [5, 5.41) is 38.1. The summed E-state index contributed by atoms with van der Waals surface area (Å²) in [6, 6.07) is 158. The number of fused-ring (bicyclic) bond motifs is 10. The van der Waals surface area contributed by atoms with Gasteiger partial charge in [-0.15, -0.1) is 15.0 Å². The second-order valence-corrected chi connectivity index (χ2v) is 31.4. The van der Waals surface area contributed by atoms with Crippen molar-refractivity contribution in [2.24, 2.45) is 0 Å². The van der Waals surface area contributed by atoms with Gasteiger partial charge in [-0.3, -0.25) is 0 Å². The normalized spacial score (nSPS) is 10.8. The Hall–Kier alpha value is -19.2. The molecule has 612 valence electrons. The second-order valence-electron chi connectivity index (χ2n) is 31.4. The van der Waals surface area contributed by atoms with Gasteiger partial charge in [0.2, 0.25) is 11.0 Å². The van der Waals surface area contributed by atoms with Crippen LogP contribution < -0.4 is 9.80 Å². The molecule has 0 atom stereocenters. The fourth-order valence-electron chi connectivity index (χ4n) is 17.3. The molecule has 0 N–H and O–H groups in total. The van der Waals surface area contributed by atoms with Gasteiger partial charge in [0.1, 0.15) is 34.8 Å². The zero-order valence-electron chi connectivity index (χ0n) is 70.7. The molecule has 14 nitrogen and oxygen atoms in total. The quantitative estimate of drug-likeness (QED) is 0.0577. The molecule has 0 aliphatic carbocycles. The lowest BCUT2D eigenvalue weighted by Crippen LogP contribution is -2.10. The van der Waals surface area contributed by atoms with E-state index in [1.165, 1.54) is 121 Å². The predicted molar refractivity (Wildman–Crippen MR) is 534 cm³/mol. The van der Waals surface area contributed by atoms with Gasteiger partial charge in [0.25, 0.3) is 17.2 Å². The third kappa shape index (κ3) is 15.9. The minimum absolute atomic E-state index is 0.000622. The predicted octanol–water partition coefficient (Wildman–Crippen LogP) is 31.0. The van der Waals surface area contributed by atoms with Crippen LogP contribution in [0.25, 0.3) is 180 Å². The van der Waals surface area contributed by atoms with Gasteiger partial charge in [0.05, 0.1) is 0 Å². The van der Waals surface area contributed by atoms with Crippen LogP contribution in [0.4, 0.5) is 51.6 Å². The fourth-order valence-corrected chi connectivity index (χ4v) is 17.3. The number of hydrogen-bond donors (Lipinski definition) is 0. The Labute approximate surface area is 761 Å². The number of hydrogen-bond acceptors (Lipinski definition) is 11. The van der Waals surface area contributed by atoms with Gasteiger partial charge in [-0.05, 0) is 211 Å². The Kier molecular flexibility index (Phi) is 22.2. The maximum Gasteiger partial charge on any atom is 0.307 e. The molecule has 3 aromatic heterocycles. The summed E-state index contributed by atoms with van der Waals surface area (Å²) in [6.45, 7) is 21.7. The smallest absolute Gasteiger partial charge is 0.307 e. The van der Waals surface area contributed by atoms with Crippen molar-refractivity contribution >= 4 is 128 Å². The molecule has 22 aromatic rings. The van der Waals surface area contributed by atoms with Gasteiger partial charge in [0, 0.05) is 34.1 Å². The van der Waals surface area contributed by atoms with Crippen LogP contribution >= 0.6 is 0 Å². The van der Waals surface area contributed by atoms with Gasteiger partial charge in [0.15, 0.2) is 17.1 Å². The van der Waals surface area contributed by atoms with Crippen molar-refractivity contribution in [3.63, 3.8) is 0 Å². The van der Waals surface area contributed by atoms with Crippen LogP contribution in [-0.4, -0.2) is 29.9 Å². The molecule has 0 aliphatic rings. The van der Waals surface area contributed by atoms with Crippen LogP contribution in [0.2, 0.25) is 0 Å². The average molecular weight is 1680 g/mol. The molecule has 22 rings (SSSR count). The summed E-state index contributed by atoms with van der Waals surface area (Å²) in [5.41, 5.74) is 25.3. The van der Waals surface area contributed by atoms with Crippen molar-refractivity contribution in [3.8, 4) is 107 Å². The van der Waals surface area contributed by atoms with Crippen LogP contribution in [0.5, 0.6) is 0 Å². The first kappa shape index (κ1) is 81.1. The SMILES string of the molecule is [C-]#[N+]c1nc2c(nc1C#N)c1nc(C#N)c(C#N)nc1c1nc([N+]#[C-])c([N+]#[C-])nc21.c1ccc(-c2ccc(-c3ccc(N(c4ccccc4)c4ccc(-c5ccc(N(c6ccc(-c7ccccc7)cc6)c6ccc(-c7ccccc7)cc6)cc5)cc4)cc3)cc2)cc1.c1ccc2cc(-c3ccc(-c4c5ccccc5c(-c5cccc6ccccc56)c5ccccc45)cc3)ccc2c1. The lowest BCUT2D eigenvalue weighted by atomic mass is 9.84. The summed E-state index contributed by atoms with van der Waals surface area (Å²) in [6.07, 6.45) is 0. The highest BCUT2D eigenvalue weighted by Gasteiger charge is 2.29. The Bertz CT molecular complexity index is 7950. The molecule has 3 heterocycles. The summed E-state index contributed by atoms with van der Waals surface area (Å²) >= 11 is 0. The molecule has 0 saturated carbocycles. The number of aromatic nitrogens is 6. The van der Waals surface area contributed by atoms with E-state index in [9.17, 15) is 15.8 Å². The van der Waals surface area contributed by atoms with E-state index in [1.807, 2.05) is 0 Å². The highest BCUT2D eigenvalue weighted by Crippen LogP contribution is 2.48. The Morgan fingerprint density at radius 1 is 0.197 bits per heavy atom. The lowest BCUT2D eigenvalue weighted by Gasteiger charge is -2.26. The lowest BCUT2D eigenvalue weighted by molar-refractivity contribution is 1.19. The minimum Gasteiger partial charge on any atom is -0.370 e. The molecule has 19 aromatic carbocycles. The number of para-hydroxylation sites is 1. The third-order valence-electron chi connectivity index (χ3n) is 23.7. The van der Waals surface area contributed by atoms with E-state index in [4.69, 9.17) is 19.7 Å². The zero-order valence-corrected chi connectivity index (χ0v) is 70.7. The fraction of sp³-hybridized carbons (Fsp3) is 0. The monoisotopic (exact) mass is 1680 g/mol. The van der Waals surface area contributed by atoms with Crippen molar-refractivity contribution in [2.45, 2.75) is 0 Å². The van der Waals surface area contributed by atoms with Crippen molar-refractivity contribution in [1.82, 2.24) is 29.9 Å². The molecule has 0 radical (unpaired) electrons. The standard InChI is InChI=1S/C60H44N2.C40H26.C18N12/c1-5-13-45(14-6-1)48-21-23-49(24-22-48)52-29-39-56(40-30-52)61(55-19-11-4-12-20-55)57-41-31-53(32-42-57)54-33-43-60(44-34-54)62(58-35-25-50(26-36-58)46-15-7-2-8-16-46)59-37-27-51(28-38-59)47-17-9-3-10-18-47;1-2-12-31-26-32(25-22-27(31)10-1)28-20-23-30(24-21-28)39-35-15-5-7-17-37(35)40(38-18-8-6-16-36(38)39)34-19-9-13-29-11-3-4-14-33(29)34;1-22-16-9(6-21)27-12-10-11(26-8(5-20)7(4-19)25-10)14-15(13(12)28-16)30-18(24-3)17(23-2)29-14/h1-44H;1-26H;. The van der Waals surface area contributed by atoms with E-state index in [0.717, 1.165) is 45.3 Å². The first-order valence-electron chi connectivity index (χ1n) is 42.7. The average Bonchev–Trinajstić information content (AvgIpc) is 0.735. The number of rotatable bonds is 14. The second kappa shape index (κ2) is 36.2. The molecule has 0 saturated heterocycles. The van der Waals surface area contributed by atoms with Gasteiger partial charge >= 0.3 is 5.82 Å². The minimum atomic E-state index is -0.298. The number of nitrogens with zero attached hydrogens (tertiary/aromatic N) is 14. The van der Waals surface area contributed by atoms with Crippen LogP contribution in [0.3, 0.4) is 0 Å². The van der Waals surface area contributed by atoms with Gasteiger partial charge in [-0.25, -0.2) is 15.0 Å². The molecule has 0 amide bonds. The van der Waals surface area contributed by atoms with Crippen molar-refractivity contribution in [2.75, 3.05) is 9.80 Å². The third-order valence-corrected chi connectivity index (χ3v) is 23.7. The van der Waals surface area contributed by atoms with E-state index in [2.05, 4.69) is 479 Å². The van der Waals surface area contributed by atoms with Crippen molar-refractivity contribution < 1.29 is 0 Å². The summed E-state index contributed by atoms with van der Waals surface area (Å²) < 4.78 is 0. The maximum absolute atomic E-state index is 9.30.